The molecule has 0 bridgehead atoms. The van der Waals surface area contributed by atoms with Crippen molar-refractivity contribution in [3.8, 4) is 5.75 Å². The molecule has 27 heavy (non-hydrogen) atoms. The highest BCUT2D eigenvalue weighted by Gasteiger charge is 2.22. The van der Waals surface area contributed by atoms with Crippen LogP contribution in [0.2, 0.25) is 5.02 Å². The molecule has 1 aliphatic heterocycles. The number of para-hydroxylation sites is 1. The van der Waals surface area contributed by atoms with E-state index in [0.717, 1.165) is 18.8 Å². The Kier molecular flexibility index (Phi) is 6.40. The lowest BCUT2D eigenvalue weighted by Gasteiger charge is -2.36. The van der Waals surface area contributed by atoms with E-state index in [1.807, 2.05) is 24.3 Å². The highest BCUT2D eigenvalue weighted by molar-refractivity contribution is 6.33. The monoisotopic (exact) mass is 391 g/mol. The number of carbonyl (C=O) groups is 1. The van der Waals surface area contributed by atoms with Gasteiger partial charge in [-0.05, 0) is 36.8 Å². The predicted octanol–water partition coefficient (Wildman–Crippen LogP) is 3.91. The van der Waals surface area contributed by atoms with E-state index in [4.69, 9.17) is 16.3 Å². The maximum atomic E-state index is 13.9. The summed E-state index contributed by atoms with van der Waals surface area (Å²) in [4.78, 5) is 16.3. The van der Waals surface area contributed by atoms with Gasteiger partial charge in [-0.2, -0.15) is 0 Å². The number of piperazine rings is 1. The molecule has 5 nitrogen and oxygen atoms in total. The summed E-state index contributed by atoms with van der Waals surface area (Å²) in [6.45, 7) is 5.13. The Morgan fingerprint density at radius 2 is 1.93 bits per heavy atom. The fraction of sp³-hybridized carbons (Fsp3) is 0.350. The fourth-order valence-corrected chi connectivity index (χ4v) is 3.33. The second-order valence-corrected chi connectivity index (χ2v) is 6.69. The SMILES string of the molecule is CCOc1ccc(CNC(=O)N2CCN(c3ccccc3Cl)CC2)cc1F. The Hall–Kier alpha value is -2.47. The van der Waals surface area contributed by atoms with Crippen molar-refractivity contribution in [1.82, 2.24) is 10.2 Å². The van der Waals surface area contributed by atoms with Crippen molar-refractivity contribution in [2.45, 2.75) is 13.5 Å². The molecule has 1 N–H and O–H groups in total. The number of rotatable bonds is 5. The standard InChI is InChI=1S/C20H23ClFN3O2/c1-2-27-19-8-7-15(13-17(19)22)14-23-20(26)25-11-9-24(10-12-25)18-6-4-3-5-16(18)21/h3-8,13H,2,9-12,14H2,1H3,(H,23,26). The van der Waals surface area contributed by atoms with Crippen molar-refractivity contribution >= 4 is 23.3 Å². The average molecular weight is 392 g/mol. The number of urea groups is 1. The summed E-state index contributed by atoms with van der Waals surface area (Å²) < 4.78 is 19.1. The number of nitrogens with one attached hydrogen (secondary N) is 1. The van der Waals surface area contributed by atoms with Crippen LogP contribution < -0.4 is 15.0 Å². The molecule has 0 unspecified atom stereocenters. The summed E-state index contributed by atoms with van der Waals surface area (Å²) in [6, 6.07) is 12.3. The highest BCUT2D eigenvalue weighted by atomic mass is 35.5. The third-order valence-corrected chi connectivity index (χ3v) is 4.82. The molecule has 0 aromatic heterocycles. The van der Waals surface area contributed by atoms with Crippen LogP contribution in [0.1, 0.15) is 12.5 Å². The van der Waals surface area contributed by atoms with E-state index < -0.39 is 5.82 Å². The van der Waals surface area contributed by atoms with Crippen LogP contribution in [0.3, 0.4) is 0 Å². The van der Waals surface area contributed by atoms with E-state index in [-0.39, 0.29) is 18.3 Å². The van der Waals surface area contributed by atoms with Crippen molar-refractivity contribution in [3.63, 3.8) is 0 Å². The van der Waals surface area contributed by atoms with Gasteiger partial charge in [-0.3, -0.25) is 0 Å². The minimum atomic E-state index is -0.419. The van der Waals surface area contributed by atoms with E-state index in [1.165, 1.54) is 6.07 Å². The van der Waals surface area contributed by atoms with Crippen molar-refractivity contribution < 1.29 is 13.9 Å². The number of anilines is 1. The molecule has 2 aromatic carbocycles. The van der Waals surface area contributed by atoms with Gasteiger partial charge in [-0.1, -0.05) is 29.8 Å². The first-order chi connectivity index (χ1) is 13.1. The lowest BCUT2D eigenvalue weighted by Crippen LogP contribution is -2.51. The number of hydrogen-bond donors (Lipinski definition) is 1. The molecule has 7 heteroatoms. The first-order valence-electron chi connectivity index (χ1n) is 9.02. The Morgan fingerprint density at radius 1 is 1.19 bits per heavy atom. The second-order valence-electron chi connectivity index (χ2n) is 6.28. The maximum absolute atomic E-state index is 13.9. The van der Waals surface area contributed by atoms with Crippen molar-refractivity contribution in [1.29, 1.82) is 0 Å². The molecule has 2 amide bonds. The maximum Gasteiger partial charge on any atom is 0.317 e. The van der Waals surface area contributed by atoms with Crippen molar-refractivity contribution in [2.24, 2.45) is 0 Å². The summed E-state index contributed by atoms with van der Waals surface area (Å²) in [5, 5.41) is 3.56. The molecule has 0 atom stereocenters. The van der Waals surface area contributed by atoms with Crippen molar-refractivity contribution in [2.75, 3.05) is 37.7 Å². The van der Waals surface area contributed by atoms with Gasteiger partial charge in [0.05, 0.1) is 17.3 Å². The molecule has 144 valence electrons. The third kappa shape index (κ3) is 4.83. The van der Waals surface area contributed by atoms with Gasteiger partial charge in [-0.15, -0.1) is 0 Å². The Bertz CT molecular complexity index is 795. The minimum absolute atomic E-state index is 0.150. The Balaban J connectivity index is 1.50. The van der Waals surface area contributed by atoms with E-state index in [1.54, 1.807) is 24.0 Å². The predicted molar refractivity (Wildman–Crippen MR) is 105 cm³/mol. The fourth-order valence-electron chi connectivity index (χ4n) is 3.07. The quantitative estimate of drug-likeness (QED) is 0.840. The smallest absolute Gasteiger partial charge is 0.317 e. The Morgan fingerprint density at radius 3 is 2.59 bits per heavy atom. The largest absolute Gasteiger partial charge is 0.491 e. The lowest BCUT2D eigenvalue weighted by molar-refractivity contribution is 0.194. The van der Waals surface area contributed by atoms with Crippen LogP contribution >= 0.6 is 11.6 Å². The Labute approximate surface area is 163 Å². The summed E-state index contributed by atoms with van der Waals surface area (Å²) >= 11 is 6.24. The van der Waals surface area contributed by atoms with E-state index in [2.05, 4.69) is 10.2 Å². The highest BCUT2D eigenvalue weighted by Crippen LogP contribution is 2.26. The van der Waals surface area contributed by atoms with Gasteiger partial charge < -0.3 is 19.9 Å². The zero-order valence-electron chi connectivity index (χ0n) is 15.3. The summed E-state index contributed by atoms with van der Waals surface area (Å²) in [7, 11) is 0. The number of nitrogens with zero attached hydrogens (tertiary/aromatic N) is 2. The molecule has 1 saturated heterocycles. The molecule has 0 aliphatic carbocycles. The average Bonchev–Trinajstić information content (AvgIpc) is 2.69. The van der Waals surface area contributed by atoms with E-state index in [9.17, 15) is 9.18 Å². The zero-order valence-corrected chi connectivity index (χ0v) is 16.0. The molecule has 1 aliphatic rings. The molecule has 2 aromatic rings. The lowest BCUT2D eigenvalue weighted by atomic mass is 10.2. The van der Waals surface area contributed by atoms with Crippen molar-refractivity contribution in [3.05, 3.63) is 58.9 Å². The molecule has 0 radical (unpaired) electrons. The molecular weight excluding hydrogens is 369 g/mol. The number of ether oxygens (including phenoxy) is 1. The number of hydrogen-bond acceptors (Lipinski definition) is 3. The molecule has 0 saturated carbocycles. The minimum Gasteiger partial charge on any atom is -0.491 e. The van der Waals surface area contributed by atoms with Crippen LogP contribution in [0.15, 0.2) is 42.5 Å². The normalized spacial score (nSPS) is 14.2. The first-order valence-corrected chi connectivity index (χ1v) is 9.39. The summed E-state index contributed by atoms with van der Waals surface area (Å²) in [6.07, 6.45) is 0. The first kappa shape index (κ1) is 19.3. The number of halogens is 2. The third-order valence-electron chi connectivity index (χ3n) is 4.50. The van der Waals surface area contributed by atoms with Crippen LogP contribution in [0.25, 0.3) is 0 Å². The van der Waals surface area contributed by atoms with E-state index >= 15 is 0 Å². The summed E-state index contributed by atoms with van der Waals surface area (Å²) in [5.41, 5.74) is 1.68. The van der Waals surface area contributed by atoms with Crippen LogP contribution in [-0.2, 0) is 6.54 Å². The van der Waals surface area contributed by atoms with Gasteiger partial charge in [0.15, 0.2) is 11.6 Å². The molecule has 0 spiro atoms. The van der Waals surface area contributed by atoms with Gasteiger partial charge in [0.2, 0.25) is 0 Å². The zero-order chi connectivity index (χ0) is 19.2. The van der Waals surface area contributed by atoms with Gasteiger partial charge in [0, 0.05) is 32.7 Å². The van der Waals surface area contributed by atoms with Crippen LogP contribution in [-0.4, -0.2) is 43.7 Å². The van der Waals surface area contributed by atoms with Gasteiger partial charge in [0.25, 0.3) is 0 Å². The molecular formula is C20H23ClFN3O2. The number of benzene rings is 2. The summed E-state index contributed by atoms with van der Waals surface area (Å²) in [5.74, 6) is -0.194. The molecule has 3 rings (SSSR count). The van der Waals surface area contributed by atoms with Gasteiger partial charge in [0.1, 0.15) is 0 Å². The van der Waals surface area contributed by atoms with Gasteiger partial charge in [-0.25, -0.2) is 9.18 Å². The van der Waals surface area contributed by atoms with E-state index in [0.29, 0.717) is 30.3 Å². The molecule has 1 fully saturated rings. The number of carbonyl (C=O) groups excluding carboxylic acids is 1. The second kappa shape index (κ2) is 8.95. The van der Waals surface area contributed by atoms with Crippen LogP contribution in [0, 0.1) is 5.82 Å². The van der Waals surface area contributed by atoms with Gasteiger partial charge >= 0.3 is 6.03 Å². The topological polar surface area (TPSA) is 44.8 Å². The molecule has 1 heterocycles. The van der Waals surface area contributed by atoms with Crippen LogP contribution in [0.5, 0.6) is 5.75 Å². The number of amides is 2. The van der Waals surface area contributed by atoms with Crippen LogP contribution in [0.4, 0.5) is 14.9 Å².